The second-order valence-electron chi connectivity index (χ2n) is 5.43. The number of pyridine rings is 1. The van der Waals surface area contributed by atoms with Gasteiger partial charge in [0.05, 0.1) is 28.3 Å². The van der Waals surface area contributed by atoms with Crippen molar-refractivity contribution in [3.8, 4) is 22.5 Å². The first kappa shape index (κ1) is 16.2. The Kier molecular flexibility index (Phi) is 4.01. The molecule has 1 N–H and O–H groups in total. The van der Waals surface area contributed by atoms with Crippen molar-refractivity contribution in [1.82, 2.24) is 15.0 Å². The normalized spacial score (nSPS) is 11.2. The Morgan fingerprint density at radius 3 is 2.68 bits per heavy atom. The fourth-order valence-corrected chi connectivity index (χ4v) is 3.20. The number of imidazole rings is 1. The van der Waals surface area contributed by atoms with Crippen LogP contribution in [0.4, 0.5) is 8.78 Å². The molecule has 0 spiro atoms. The van der Waals surface area contributed by atoms with Gasteiger partial charge in [-0.15, -0.1) is 0 Å². The fourth-order valence-electron chi connectivity index (χ4n) is 2.68. The molecule has 0 saturated carbocycles. The van der Waals surface area contributed by atoms with Gasteiger partial charge in [0, 0.05) is 33.2 Å². The molecule has 0 aliphatic rings. The highest BCUT2D eigenvalue weighted by molar-refractivity contribution is 9.10. The topological polar surface area (TPSA) is 41.6 Å². The number of nitrogens with one attached hydrogen (secondary N) is 1. The van der Waals surface area contributed by atoms with E-state index < -0.39 is 11.6 Å². The van der Waals surface area contributed by atoms with Crippen molar-refractivity contribution < 1.29 is 8.78 Å². The summed E-state index contributed by atoms with van der Waals surface area (Å²) in [5.74, 6) is -1.51. The van der Waals surface area contributed by atoms with E-state index in [0.717, 1.165) is 27.0 Å². The van der Waals surface area contributed by atoms with E-state index in [4.69, 9.17) is 11.6 Å². The lowest BCUT2D eigenvalue weighted by Crippen LogP contribution is -1.91. The molecule has 0 unspecified atom stereocenters. The molecule has 0 atom stereocenters. The summed E-state index contributed by atoms with van der Waals surface area (Å²) >= 11 is 9.20. The molecule has 0 saturated heterocycles. The lowest BCUT2D eigenvalue weighted by Gasteiger charge is -2.07. The summed E-state index contributed by atoms with van der Waals surface area (Å²) in [4.78, 5) is 11.5. The van der Waals surface area contributed by atoms with Gasteiger partial charge in [-0.3, -0.25) is 4.98 Å². The monoisotopic (exact) mass is 419 g/mol. The molecule has 4 aromatic rings. The number of aromatic amines is 1. The van der Waals surface area contributed by atoms with Crippen LogP contribution in [0, 0.1) is 11.6 Å². The molecule has 124 valence electrons. The predicted octanol–water partition coefficient (Wildman–Crippen LogP) is 5.99. The summed E-state index contributed by atoms with van der Waals surface area (Å²) in [7, 11) is 0. The molecule has 25 heavy (non-hydrogen) atoms. The van der Waals surface area contributed by atoms with Gasteiger partial charge in [0.25, 0.3) is 0 Å². The number of nitrogens with zero attached hydrogens (tertiary/aromatic N) is 2. The first-order valence-corrected chi connectivity index (χ1v) is 8.44. The van der Waals surface area contributed by atoms with Gasteiger partial charge in [-0.2, -0.15) is 0 Å². The predicted molar refractivity (Wildman–Crippen MR) is 97.4 cm³/mol. The molecule has 0 aliphatic carbocycles. The van der Waals surface area contributed by atoms with Crippen LogP contribution < -0.4 is 0 Å². The molecule has 7 heteroatoms. The van der Waals surface area contributed by atoms with Crippen LogP contribution in [0.3, 0.4) is 0 Å². The molecule has 3 nitrogen and oxygen atoms in total. The molecule has 2 heterocycles. The van der Waals surface area contributed by atoms with Crippen LogP contribution in [0.5, 0.6) is 0 Å². The summed E-state index contributed by atoms with van der Waals surface area (Å²) in [6.45, 7) is 0. The largest absolute Gasteiger partial charge is 0.344 e. The minimum absolute atomic E-state index is 0.149. The lowest BCUT2D eigenvalue weighted by atomic mass is 10.0. The van der Waals surface area contributed by atoms with Crippen LogP contribution in [-0.4, -0.2) is 15.0 Å². The quantitative estimate of drug-likeness (QED) is 0.405. The summed E-state index contributed by atoms with van der Waals surface area (Å²) in [5.41, 5.74) is 2.75. The number of aromatic nitrogens is 3. The van der Waals surface area contributed by atoms with Crippen LogP contribution in [0.2, 0.25) is 5.02 Å². The Morgan fingerprint density at radius 1 is 1.00 bits per heavy atom. The number of H-pyrrole nitrogens is 1. The van der Waals surface area contributed by atoms with Crippen LogP contribution in [0.15, 0.2) is 53.4 Å². The number of rotatable bonds is 2. The Labute approximate surface area is 154 Å². The number of hydrogen-bond donors (Lipinski definition) is 1. The van der Waals surface area contributed by atoms with Crippen molar-refractivity contribution in [2.45, 2.75) is 0 Å². The number of hydrogen-bond acceptors (Lipinski definition) is 2. The Balaban J connectivity index is 1.89. The highest BCUT2D eigenvalue weighted by atomic mass is 79.9. The zero-order valence-electron chi connectivity index (χ0n) is 12.5. The maximum absolute atomic E-state index is 14.2. The van der Waals surface area contributed by atoms with Crippen molar-refractivity contribution in [2.24, 2.45) is 0 Å². The summed E-state index contributed by atoms with van der Waals surface area (Å²) in [5, 5.41) is 0.766. The molecule has 2 aromatic heterocycles. The maximum Gasteiger partial charge on any atom is 0.144 e. The number of fused-ring (bicyclic) bond motifs is 1. The minimum atomic E-state index is -0.800. The molecule has 2 aromatic carbocycles. The lowest BCUT2D eigenvalue weighted by molar-refractivity contribution is 0.585. The van der Waals surface area contributed by atoms with Crippen molar-refractivity contribution >= 4 is 38.4 Å². The van der Waals surface area contributed by atoms with E-state index in [-0.39, 0.29) is 10.6 Å². The number of benzene rings is 2. The summed E-state index contributed by atoms with van der Waals surface area (Å²) in [6, 6.07) is 9.59. The van der Waals surface area contributed by atoms with E-state index in [0.29, 0.717) is 11.4 Å². The van der Waals surface area contributed by atoms with Crippen molar-refractivity contribution in [1.29, 1.82) is 0 Å². The second-order valence-corrected chi connectivity index (χ2v) is 6.76. The smallest absolute Gasteiger partial charge is 0.144 e. The van der Waals surface area contributed by atoms with Gasteiger partial charge in [0.1, 0.15) is 11.6 Å². The van der Waals surface area contributed by atoms with Gasteiger partial charge in [0.2, 0.25) is 0 Å². The van der Waals surface area contributed by atoms with Gasteiger partial charge in [-0.1, -0.05) is 17.7 Å². The third kappa shape index (κ3) is 2.92. The van der Waals surface area contributed by atoms with Gasteiger partial charge in [0.15, 0.2) is 0 Å². The molecule has 0 radical (unpaired) electrons. The van der Waals surface area contributed by atoms with E-state index in [1.807, 2.05) is 24.3 Å². The molecule has 0 aliphatic heterocycles. The van der Waals surface area contributed by atoms with Crippen molar-refractivity contribution in [3.63, 3.8) is 0 Å². The molecular formula is C18H9BrClF2N3. The van der Waals surface area contributed by atoms with E-state index in [1.165, 1.54) is 12.4 Å². The SMILES string of the molecule is Fc1cc(F)c(-c2[nH]cnc2-c2ccc3ncc(Br)cc3c2)cc1Cl. The van der Waals surface area contributed by atoms with Crippen LogP contribution in [-0.2, 0) is 0 Å². The van der Waals surface area contributed by atoms with Crippen molar-refractivity contribution in [2.75, 3.05) is 0 Å². The Morgan fingerprint density at radius 2 is 1.84 bits per heavy atom. The van der Waals surface area contributed by atoms with E-state index in [9.17, 15) is 8.78 Å². The average Bonchev–Trinajstić information content (AvgIpc) is 3.07. The maximum atomic E-state index is 14.2. The minimum Gasteiger partial charge on any atom is -0.344 e. The van der Waals surface area contributed by atoms with Gasteiger partial charge in [-0.05, 0) is 40.2 Å². The summed E-state index contributed by atoms with van der Waals surface area (Å²) < 4.78 is 28.5. The zero-order chi connectivity index (χ0) is 17.6. The zero-order valence-corrected chi connectivity index (χ0v) is 14.9. The van der Waals surface area contributed by atoms with E-state index in [2.05, 4.69) is 30.9 Å². The number of halogens is 4. The first-order chi connectivity index (χ1) is 12.0. The third-order valence-electron chi connectivity index (χ3n) is 3.84. The fraction of sp³-hybridized carbons (Fsp3) is 0. The molecule has 0 bridgehead atoms. The first-order valence-electron chi connectivity index (χ1n) is 7.27. The molecule has 0 amide bonds. The summed E-state index contributed by atoms with van der Waals surface area (Å²) in [6.07, 6.45) is 3.18. The molecule has 0 fully saturated rings. The van der Waals surface area contributed by atoms with Crippen LogP contribution in [0.25, 0.3) is 33.4 Å². The Hall–Kier alpha value is -2.31. The highest BCUT2D eigenvalue weighted by Gasteiger charge is 2.17. The third-order valence-corrected chi connectivity index (χ3v) is 4.56. The Bertz CT molecular complexity index is 1110. The van der Waals surface area contributed by atoms with Crippen LogP contribution in [0.1, 0.15) is 0 Å². The molecule has 4 rings (SSSR count). The van der Waals surface area contributed by atoms with Gasteiger partial charge < -0.3 is 4.98 Å². The van der Waals surface area contributed by atoms with Gasteiger partial charge >= 0.3 is 0 Å². The van der Waals surface area contributed by atoms with E-state index >= 15 is 0 Å². The average molecular weight is 421 g/mol. The standard InChI is InChI=1S/C18H9BrClF2N3/c19-11-4-10-3-9(1-2-16(10)23-7-11)17-18(25-8-24-17)12-5-13(20)15(22)6-14(12)21/h1-8H,(H,24,25). The van der Waals surface area contributed by atoms with Crippen molar-refractivity contribution in [3.05, 3.63) is 70.1 Å². The van der Waals surface area contributed by atoms with Gasteiger partial charge in [-0.25, -0.2) is 13.8 Å². The van der Waals surface area contributed by atoms with E-state index in [1.54, 1.807) is 6.20 Å². The molecular weight excluding hydrogens is 412 g/mol. The highest BCUT2D eigenvalue weighted by Crippen LogP contribution is 2.34. The van der Waals surface area contributed by atoms with Crippen LogP contribution >= 0.6 is 27.5 Å². The second kappa shape index (κ2) is 6.20.